The molecule has 0 aliphatic carbocycles. The van der Waals surface area contributed by atoms with Crippen LogP contribution in [0.1, 0.15) is 67.2 Å². The Morgan fingerprint density at radius 2 is 1.94 bits per heavy atom. The third kappa shape index (κ3) is 3.65. The summed E-state index contributed by atoms with van der Waals surface area (Å²) < 4.78 is 12.0. The van der Waals surface area contributed by atoms with E-state index in [1.807, 2.05) is 34.6 Å². The van der Waals surface area contributed by atoms with E-state index >= 15 is 0 Å². The first-order valence-electron chi connectivity index (χ1n) is 11.7. The van der Waals surface area contributed by atoms with Crippen LogP contribution in [-0.2, 0) is 23.9 Å². The van der Waals surface area contributed by atoms with E-state index in [1.54, 1.807) is 6.92 Å². The van der Waals surface area contributed by atoms with Crippen molar-refractivity contribution in [2.75, 3.05) is 13.2 Å². The third-order valence-corrected chi connectivity index (χ3v) is 7.19. The van der Waals surface area contributed by atoms with Crippen molar-refractivity contribution in [2.24, 2.45) is 17.8 Å². The first-order chi connectivity index (χ1) is 14.6. The molecule has 2 N–H and O–H groups in total. The zero-order valence-corrected chi connectivity index (χ0v) is 19.6. The van der Waals surface area contributed by atoms with E-state index in [1.165, 1.54) is 4.90 Å². The first kappa shape index (κ1) is 24.0. The van der Waals surface area contributed by atoms with E-state index in [0.29, 0.717) is 25.7 Å². The minimum atomic E-state index is -1.08. The highest BCUT2D eigenvalue weighted by Gasteiger charge is 2.79. The average molecular weight is 439 g/mol. The molecular weight excluding hydrogens is 400 g/mol. The van der Waals surface area contributed by atoms with Crippen LogP contribution in [0.15, 0.2) is 0 Å². The van der Waals surface area contributed by atoms with Crippen LogP contribution < -0.4 is 5.32 Å². The lowest BCUT2D eigenvalue weighted by molar-refractivity contribution is -0.162. The Hall–Kier alpha value is -1.67. The molecule has 3 heterocycles. The Kier molecular flexibility index (Phi) is 6.73. The Labute approximate surface area is 185 Å². The van der Waals surface area contributed by atoms with Crippen molar-refractivity contribution in [3.8, 4) is 0 Å². The molecule has 8 heteroatoms. The van der Waals surface area contributed by atoms with E-state index in [-0.39, 0.29) is 37.0 Å². The molecule has 0 radical (unpaired) electrons. The lowest BCUT2D eigenvalue weighted by Crippen LogP contribution is -2.59. The van der Waals surface area contributed by atoms with E-state index in [0.717, 1.165) is 0 Å². The molecule has 31 heavy (non-hydrogen) atoms. The maximum absolute atomic E-state index is 13.9. The quantitative estimate of drug-likeness (QED) is 0.530. The van der Waals surface area contributed by atoms with Gasteiger partial charge in [0.2, 0.25) is 11.8 Å². The number of rotatable bonds is 9. The topological polar surface area (TPSA) is 105 Å². The molecule has 0 aromatic heterocycles. The number of aliphatic hydroxyl groups excluding tert-OH is 1. The van der Waals surface area contributed by atoms with Gasteiger partial charge in [0.25, 0.3) is 0 Å². The second-order valence-electron chi connectivity index (χ2n) is 9.96. The molecule has 1 spiro atoms. The van der Waals surface area contributed by atoms with Crippen LogP contribution in [0.25, 0.3) is 0 Å². The van der Waals surface area contributed by atoms with Crippen molar-refractivity contribution in [1.82, 2.24) is 10.2 Å². The number of esters is 1. The van der Waals surface area contributed by atoms with Crippen LogP contribution in [0.2, 0.25) is 0 Å². The average Bonchev–Trinajstić information content (AvgIpc) is 3.29. The second kappa shape index (κ2) is 8.70. The highest BCUT2D eigenvalue weighted by atomic mass is 16.6. The van der Waals surface area contributed by atoms with E-state index in [2.05, 4.69) is 5.32 Å². The molecule has 3 aliphatic heterocycles. The molecule has 0 saturated carbocycles. The van der Waals surface area contributed by atoms with Crippen molar-refractivity contribution in [2.45, 2.75) is 96.6 Å². The monoisotopic (exact) mass is 438 g/mol. The van der Waals surface area contributed by atoms with Crippen molar-refractivity contribution in [3.05, 3.63) is 0 Å². The Morgan fingerprint density at radius 1 is 1.26 bits per heavy atom. The number of ether oxygens (including phenoxy) is 2. The van der Waals surface area contributed by atoms with E-state index < -0.39 is 41.1 Å². The number of carbonyl (C=O) groups excluding carboxylic acids is 3. The SMILES string of the molecule is CCOC(=O)[C@H]1[C@H]2C(=O)N([C@@H](CO)CC(C)C)C(C(=O)NC(C)C)C23CC[C@]1(CC)O3. The molecule has 2 bridgehead atoms. The van der Waals surface area contributed by atoms with Crippen molar-refractivity contribution in [3.63, 3.8) is 0 Å². The smallest absolute Gasteiger partial charge is 0.312 e. The molecule has 6 atom stereocenters. The van der Waals surface area contributed by atoms with Gasteiger partial charge in [-0.25, -0.2) is 0 Å². The van der Waals surface area contributed by atoms with E-state index in [9.17, 15) is 19.5 Å². The van der Waals surface area contributed by atoms with Gasteiger partial charge in [-0.1, -0.05) is 20.8 Å². The van der Waals surface area contributed by atoms with Crippen molar-refractivity contribution >= 4 is 17.8 Å². The van der Waals surface area contributed by atoms with Gasteiger partial charge in [0, 0.05) is 6.04 Å². The maximum Gasteiger partial charge on any atom is 0.312 e. The zero-order chi connectivity index (χ0) is 23.1. The fourth-order valence-electron chi connectivity index (χ4n) is 6.12. The van der Waals surface area contributed by atoms with Crippen LogP contribution in [0.3, 0.4) is 0 Å². The van der Waals surface area contributed by atoms with Gasteiger partial charge in [0.05, 0.1) is 30.8 Å². The second-order valence-corrected chi connectivity index (χ2v) is 9.96. The minimum absolute atomic E-state index is 0.114. The summed E-state index contributed by atoms with van der Waals surface area (Å²) >= 11 is 0. The number of likely N-dealkylation sites (tertiary alicyclic amines) is 1. The highest BCUT2D eigenvalue weighted by molar-refractivity contribution is 5.98. The number of hydrogen-bond donors (Lipinski definition) is 2. The van der Waals surface area contributed by atoms with Gasteiger partial charge in [0.1, 0.15) is 17.6 Å². The zero-order valence-electron chi connectivity index (χ0n) is 19.6. The molecule has 176 valence electrons. The summed E-state index contributed by atoms with van der Waals surface area (Å²) in [5.74, 6) is -2.29. The molecule has 3 rings (SSSR count). The first-order valence-corrected chi connectivity index (χ1v) is 11.7. The Morgan fingerprint density at radius 3 is 2.45 bits per heavy atom. The molecule has 3 saturated heterocycles. The fourth-order valence-corrected chi connectivity index (χ4v) is 6.12. The number of carbonyl (C=O) groups is 3. The Balaban J connectivity index is 2.11. The highest BCUT2D eigenvalue weighted by Crippen LogP contribution is 2.64. The number of aliphatic hydroxyl groups is 1. The van der Waals surface area contributed by atoms with Gasteiger partial charge in [-0.2, -0.15) is 0 Å². The summed E-state index contributed by atoms with van der Waals surface area (Å²) in [7, 11) is 0. The van der Waals surface area contributed by atoms with Crippen LogP contribution in [-0.4, -0.2) is 70.3 Å². The predicted molar refractivity (Wildman–Crippen MR) is 114 cm³/mol. The molecule has 3 aliphatic rings. The summed E-state index contributed by atoms with van der Waals surface area (Å²) in [4.78, 5) is 41.9. The summed E-state index contributed by atoms with van der Waals surface area (Å²) in [5.41, 5.74) is -1.87. The van der Waals surface area contributed by atoms with Crippen LogP contribution >= 0.6 is 0 Å². The molecule has 8 nitrogen and oxygen atoms in total. The molecule has 0 aromatic carbocycles. The third-order valence-electron chi connectivity index (χ3n) is 7.19. The summed E-state index contributed by atoms with van der Waals surface area (Å²) in [6.45, 7) is 11.4. The molecule has 2 unspecified atom stereocenters. The fraction of sp³-hybridized carbons (Fsp3) is 0.870. The Bertz CT molecular complexity index is 725. The van der Waals surface area contributed by atoms with Crippen LogP contribution in [0.4, 0.5) is 0 Å². The number of fused-ring (bicyclic) bond motifs is 1. The standard InChI is InChI=1S/C23H38N2O6/c1-7-22-9-10-23(31-22)16(17(22)21(29)30-8-2)20(28)25(15(12-26)11-13(3)4)18(23)19(27)24-14(5)6/h13-18,26H,7-12H2,1-6H3,(H,24,27)/t15-,16+,17-,18?,22+,23?/m1/s1. The van der Waals surface area contributed by atoms with Gasteiger partial charge in [-0.05, 0) is 52.4 Å². The number of hydrogen-bond acceptors (Lipinski definition) is 6. The van der Waals surface area contributed by atoms with Gasteiger partial charge in [0.15, 0.2) is 0 Å². The maximum atomic E-state index is 13.9. The summed E-state index contributed by atoms with van der Waals surface area (Å²) in [6.07, 6.45) is 2.25. The molecule has 2 amide bonds. The lowest BCUT2D eigenvalue weighted by Gasteiger charge is -2.38. The van der Waals surface area contributed by atoms with Gasteiger partial charge in [-0.3, -0.25) is 14.4 Å². The molecular formula is C23H38N2O6. The largest absolute Gasteiger partial charge is 0.466 e. The van der Waals surface area contributed by atoms with E-state index in [4.69, 9.17) is 9.47 Å². The normalized spacial score (nSPS) is 35.1. The van der Waals surface area contributed by atoms with Crippen molar-refractivity contribution in [1.29, 1.82) is 0 Å². The van der Waals surface area contributed by atoms with Gasteiger partial charge < -0.3 is 24.8 Å². The number of amides is 2. The summed E-state index contributed by atoms with van der Waals surface area (Å²) in [5, 5.41) is 13.1. The predicted octanol–water partition coefficient (Wildman–Crippen LogP) is 1.64. The minimum Gasteiger partial charge on any atom is -0.466 e. The van der Waals surface area contributed by atoms with Gasteiger partial charge >= 0.3 is 5.97 Å². The van der Waals surface area contributed by atoms with Crippen LogP contribution in [0.5, 0.6) is 0 Å². The van der Waals surface area contributed by atoms with Crippen LogP contribution in [0, 0.1) is 17.8 Å². The lowest BCUT2D eigenvalue weighted by atomic mass is 9.65. The number of nitrogens with zero attached hydrogens (tertiary/aromatic N) is 1. The van der Waals surface area contributed by atoms with Crippen molar-refractivity contribution < 1.29 is 29.0 Å². The summed E-state index contributed by atoms with van der Waals surface area (Å²) in [6, 6.07) is -1.51. The molecule has 3 fully saturated rings. The molecule has 0 aromatic rings. The van der Waals surface area contributed by atoms with Gasteiger partial charge in [-0.15, -0.1) is 0 Å². The number of nitrogens with one attached hydrogen (secondary N) is 1.